The SMILES string of the molecule is ClCCCCCCC(Cl)Br. The lowest BCUT2D eigenvalue weighted by molar-refractivity contribution is 0.655. The van der Waals surface area contributed by atoms with Gasteiger partial charge in [0, 0.05) is 5.88 Å². The van der Waals surface area contributed by atoms with Crippen molar-refractivity contribution in [1.82, 2.24) is 0 Å². The molecular weight excluding hydrogens is 235 g/mol. The molecule has 0 aliphatic rings. The predicted octanol–water partition coefficient (Wildman–Crippen LogP) is 4.14. The molecule has 0 heterocycles. The van der Waals surface area contributed by atoms with Crippen LogP contribution < -0.4 is 0 Å². The van der Waals surface area contributed by atoms with Gasteiger partial charge in [0.1, 0.15) is 0 Å². The van der Waals surface area contributed by atoms with Gasteiger partial charge in [-0.1, -0.05) is 35.2 Å². The molecule has 0 saturated heterocycles. The van der Waals surface area contributed by atoms with Gasteiger partial charge in [0.25, 0.3) is 0 Å². The Hall–Kier alpha value is 1.06. The molecule has 0 aromatic heterocycles. The van der Waals surface area contributed by atoms with Crippen LogP contribution in [0.5, 0.6) is 0 Å². The molecule has 1 atom stereocenters. The summed E-state index contributed by atoms with van der Waals surface area (Å²) in [5.41, 5.74) is 0. The van der Waals surface area contributed by atoms with E-state index < -0.39 is 0 Å². The molecule has 0 spiro atoms. The number of unbranched alkanes of at least 4 members (excludes halogenated alkanes) is 3. The summed E-state index contributed by atoms with van der Waals surface area (Å²) in [6, 6.07) is 0. The molecule has 0 bridgehead atoms. The van der Waals surface area contributed by atoms with Gasteiger partial charge < -0.3 is 0 Å². The second kappa shape index (κ2) is 8.16. The maximum absolute atomic E-state index is 5.68. The molecule has 0 N–H and O–H groups in total. The molecule has 0 rings (SSSR count). The van der Waals surface area contributed by atoms with Crippen molar-refractivity contribution in [3.63, 3.8) is 0 Å². The fourth-order valence-corrected chi connectivity index (χ4v) is 1.41. The van der Waals surface area contributed by atoms with Gasteiger partial charge in [0.2, 0.25) is 0 Å². The average Bonchev–Trinajstić information content (AvgIpc) is 1.87. The van der Waals surface area contributed by atoms with E-state index in [4.69, 9.17) is 23.2 Å². The molecule has 0 saturated carbocycles. The van der Waals surface area contributed by atoms with Gasteiger partial charge in [-0.2, -0.15) is 0 Å². The van der Waals surface area contributed by atoms with Gasteiger partial charge in [-0.25, -0.2) is 0 Å². The van der Waals surface area contributed by atoms with Crippen molar-refractivity contribution in [3.05, 3.63) is 0 Å². The van der Waals surface area contributed by atoms with Crippen LogP contribution in [-0.4, -0.2) is 10.2 Å². The summed E-state index contributed by atoms with van der Waals surface area (Å²) < 4.78 is 0.156. The van der Waals surface area contributed by atoms with E-state index in [1.165, 1.54) is 19.3 Å². The van der Waals surface area contributed by atoms with Crippen molar-refractivity contribution in [2.24, 2.45) is 0 Å². The summed E-state index contributed by atoms with van der Waals surface area (Å²) in [6.45, 7) is 0. The Morgan fingerprint density at radius 1 is 1.10 bits per heavy atom. The third kappa shape index (κ3) is 9.06. The van der Waals surface area contributed by atoms with Crippen LogP contribution in [0.15, 0.2) is 0 Å². The lowest BCUT2D eigenvalue weighted by atomic mass is 10.2. The molecule has 0 radical (unpaired) electrons. The number of hydrogen-bond acceptors (Lipinski definition) is 0. The van der Waals surface area contributed by atoms with Crippen LogP contribution in [0, 0.1) is 0 Å². The third-order valence-electron chi connectivity index (χ3n) is 1.31. The zero-order valence-corrected chi connectivity index (χ0v) is 9.05. The average molecular weight is 248 g/mol. The molecule has 0 aliphatic heterocycles. The molecule has 0 aromatic carbocycles. The Balaban J connectivity index is 2.77. The molecule has 0 aliphatic carbocycles. The minimum atomic E-state index is 0.156. The van der Waals surface area contributed by atoms with Gasteiger partial charge in [-0.05, 0) is 12.8 Å². The normalized spacial score (nSPS) is 13.5. The lowest BCUT2D eigenvalue weighted by Gasteiger charge is -1.99. The Kier molecular flexibility index (Phi) is 9.02. The highest BCUT2D eigenvalue weighted by Crippen LogP contribution is 2.14. The van der Waals surface area contributed by atoms with Crippen molar-refractivity contribution >= 4 is 39.1 Å². The third-order valence-corrected chi connectivity index (χ3v) is 2.25. The summed E-state index contributed by atoms with van der Waals surface area (Å²) in [5.74, 6) is 0.790. The first-order valence-electron chi connectivity index (χ1n) is 3.61. The fourth-order valence-electron chi connectivity index (χ4n) is 0.747. The molecular formula is C7H13BrCl2. The molecule has 3 heteroatoms. The Labute approximate surface area is 81.4 Å². The molecule has 0 aromatic rings. The molecule has 0 amide bonds. The highest BCUT2D eigenvalue weighted by Gasteiger charge is 1.96. The minimum absolute atomic E-state index is 0.156. The highest BCUT2D eigenvalue weighted by atomic mass is 79.9. The largest absolute Gasteiger partial charge is 0.127 e. The Morgan fingerprint density at radius 3 is 2.20 bits per heavy atom. The van der Waals surface area contributed by atoms with Crippen LogP contribution in [0.4, 0.5) is 0 Å². The first kappa shape index (κ1) is 11.1. The summed E-state index contributed by atoms with van der Waals surface area (Å²) >= 11 is 14.5. The van der Waals surface area contributed by atoms with Gasteiger partial charge in [0.05, 0.1) is 4.29 Å². The van der Waals surface area contributed by atoms with E-state index >= 15 is 0 Å². The number of halogens is 3. The number of hydrogen-bond donors (Lipinski definition) is 0. The van der Waals surface area contributed by atoms with E-state index in [0.717, 1.165) is 18.7 Å². The first-order chi connectivity index (χ1) is 4.77. The number of alkyl halides is 3. The fraction of sp³-hybridized carbons (Fsp3) is 1.00. The van der Waals surface area contributed by atoms with Crippen LogP contribution in [0.2, 0.25) is 0 Å². The van der Waals surface area contributed by atoms with Crippen molar-refractivity contribution in [2.45, 2.75) is 36.4 Å². The summed E-state index contributed by atoms with van der Waals surface area (Å²) in [7, 11) is 0. The lowest BCUT2D eigenvalue weighted by Crippen LogP contribution is -1.86. The molecule has 0 nitrogen and oxygen atoms in total. The smallest absolute Gasteiger partial charge is 0.0886 e. The standard InChI is InChI=1S/C7H13BrCl2/c8-7(10)5-3-1-2-4-6-9/h7H,1-6H2. The van der Waals surface area contributed by atoms with Crippen LogP contribution in [0.25, 0.3) is 0 Å². The van der Waals surface area contributed by atoms with Crippen molar-refractivity contribution in [2.75, 3.05) is 5.88 Å². The van der Waals surface area contributed by atoms with Crippen LogP contribution >= 0.6 is 39.1 Å². The van der Waals surface area contributed by atoms with Crippen molar-refractivity contribution in [1.29, 1.82) is 0 Å². The van der Waals surface area contributed by atoms with Gasteiger partial charge in [-0.15, -0.1) is 23.2 Å². The molecule has 1 unspecified atom stereocenters. The summed E-state index contributed by atoms with van der Waals surface area (Å²) in [4.78, 5) is 0. The molecule has 10 heavy (non-hydrogen) atoms. The Morgan fingerprint density at radius 2 is 1.70 bits per heavy atom. The summed E-state index contributed by atoms with van der Waals surface area (Å²) in [5, 5.41) is 0. The first-order valence-corrected chi connectivity index (χ1v) is 5.50. The predicted molar refractivity (Wildman–Crippen MR) is 52.4 cm³/mol. The van der Waals surface area contributed by atoms with Gasteiger partial charge in [-0.3, -0.25) is 0 Å². The van der Waals surface area contributed by atoms with E-state index in [2.05, 4.69) is 15.9 Å². The second-order valence-electron chi connectivity index (χ2n) is 2.28. The maximum atomic E-state index is 5.68. The quantitative estimate of drug-likeness (QED) is 0.489. The number of rotatable bonds is 6. The Bertz CT molecular complexity index is 66.6. The second-order valence-corrected chi connectivity index (χ2v) is 4.82. The topological polar surface area (TPSA) is 0 Å². The van der Waals surface area contributed by atoms with Crippen LogP contribution in [-0.2, 0) is 0 Å². The minimum Gasteiger partial charge on any atom is -0.127 e. The van der Waals surface area contributed by atoms with E-state index in [1.807, 2.05) is 0 Å². The zero-order chi connectivity index (χ0) is 7.82. The van der Waals surface area contributed by atoms with Gasteiger partial charge >= 0.3 is 0 Å². The van der Waals surface area contributed by atoms with Crippen LogP contribution in [0.3, 0.4) is 0 Å². The molecule has 0 fully saturated rings. The summed E-state index contributed by atoms with van der Waals surface area (Å²) in [6.07, 6.45) is 5.89. The van der Waals surface area contributed by atoms with Crippen molar-refractivity contribution < 1.29 is 0 Å². The van der Waals surface area contributed by atoms with Crippen molar-refractivity contribution in [3.8, 4) is 0 Å². The van der Waals surface area contributed by atoms with Gasteiger partial charge in [0.15, 0.2) is 0 Å². The highest BCUT2D eigenvalue weighted by molar-refractivity contribution is 9.10. The van der Waals surface area contributed by atoms with E-state index in [9.17, 15) is 0 Å². The van der Waals surface area contributed by atoms with E-state index in [1.54, 1.807) is 0 Å². The molecule has 62 valence electrons. The monoisotopic (exact) mass is 246 g/mol. The van der Waals surface area contributed by atoms with E-state index in [0.29, 0.717) is 0 Å². The van der Waals surface area contributed by atoms with Crippen LogP contribution in [0.1, 0.15) is 32.1 Å². The zero-order valence-electron chi connectivity index (χ0n) is 5.95. The maximum Gasteiger partial charge on any atom is 0.0886 e. The van der Waals surface area contributed by atoms with E-state index in [-0.39, 0.29) is 4.29 Å².